The maximum absolute atomic E-state index is 7.62. The highest BCUT2D eigenvalue weighted by atomic mass is 35.5. The number of aliphatic hydroxyl groups excluding tert-OH is 2. The molecule has 2 nitrogen and oxygen atoms in total. The van der Waals surface area contributed by atoms with Crippen molar-refractivity contribution >= 4 is 23.2 Å². The number of hydrogen-bond donors (Lipinski definition) is 2. The van der Waals surface area contributed by atoms with Crippen molar-refractivity contribution in [3.8, 4) is 0 Å². The molecule has 0 fully saturated rings. The summed E-state index contributed by atoms with van der Waals surface area (Å²) in [6, 6.07) is 0. The Morgan fingerprint density at radius 1 is 0.786 bits per heavy atom. The third-order valence-corrected chi connectivity index (χ3v) is 1.70. The van der Waals surface area contributed by atoms with E-state index in [-0.39, 0.29) is 13.2 Å². The summed E-state index contributed by atoms with van der Waals surface area (Å²) in [6.45, 7) is 4.21. The van der Waals surface area contributed by atoms with E-state index in [0.717, 1.165) is 0 Å². The van der Waals surface area contributed by atoms with Crippen molar-refractivity contribution in [2.45, 2.75) is 39.5 Å². The molecule has 0 saturated carbocycles. The van der Waals surface area contributed by atoms with E-state index in [2.05, 4.69) is 13.8 Å². The molecule has 0 saturated heterocycles. The van der Waals surface area contributed by atoms with Gasteiger partial charge in [0, 0.05) is 11.8 Å². The van der Waals surface area contributed by atoms with Crippen LogP contribution in [-0.2, 0) is 0 Å². The van der Waals surface area contributed by atoms with E-state index in [1.807, 2.05) is 0 Å². The molecule has 0 aliphatic rings. The normalized spacial score (nSPS) is 8.14. The van der Waals surface area contributed by atoms with Crippen molar-refractivity contribution in [1.82, 2.24) is 0 Å². The van der Waals surface area contributed by atoms with Gasteiger partial charge >= 0.3 is 0 Å². The van der Waals surface area contributed by atoms with Gasteiger partial charge in [0.1, 0.15) is 0 Å². The van der Waals surface area contributed by atoms with E-state index in [9.17, 15) is 0 Å². The van der Waals surface area contributed by atoms with E-state index >= 15 is 0 Å². The summed E-state index contributed by atoms with van der Waals surface area (Å²) in [7, 11) is 0. The van der Waals surface area contributed by atoms with Crippen LogP contribution in [0.5, 0.6) is 0 Å². The molecule has 0 bridgehead atoms. The predicted molar refractivity (Wildman–Crippen MR) is 65.4 cm³/mol. The molecule has 0 aromatic rings. The van der Waals surface area contributed by atoms with E-state index in [1.54, 1.807) is 0 Å². The van der Waals surface area contributed by atoms with Gasteiger partial charge in [-0.2, -0.15) is 0 Å². The van der Waals surface area contributed by atoms with Crippen LogP contribution >= 0.6 is 23.2 Å². The van der Waals surface area contributed by atoms with Crippen LogP contribution in [0, 0.1) is 0 Å². The molecule has 0 unspecified atom stereocenters. The zero-order chi connectivity index (χ0) is 11.7. The fraction of sp³-hybridized carbons (Fsp3) is 1.00. The monoisotopic (exact) mass is 246 g/mol. The summed E-state index contributed by atoms with van der Waals surface area (Å²) in [5.41, 5.74) is 0. The van der Waals surface area contributed by atoms with Crippen LogP contribution in [-0.4, -0.2) is 35.2 Å². The minimum absolute atomic E-state index is 0.125. The Labute approximate surface area is 98.2 Å². The van der Waals surface area contributed by atoms with E-state index in [1.165, 1.54) is 25.7 Å². The molecule has 4 heteroatoms. The van der Waals surface area contributed by atoms with Crippen molar-refractivity contribution in [2.75, 3.05) is 25.0 Å². The Morgan fingerprint density at radius 2 is 1.07 bits per heavy atom. The Morgan fingerprint density at radius 3 is 1.14 bits per heavy atom. The maximum Gasteiger partial charge on any atom is 0.0662 e. The molecular weight excluding hydrogens is 223 g/mol. The summed E-state index contributed by atoms with van der Waals surface area (Å²) >= 11 is 10.1. The smallest absolute Gasteiger partial charge is 0.0662 e. The second kappa shape index (κ2) is 29.2. The molecular formula is C10H24Cl2O2. The second-order valence-electron chi connectivity index (χ2n) is 2.53. The lowest BCUT2D eigenvalue weighted by molar-refractivity contribution is 0.186. The number of aliphatic hydroxyl groups is 2. The molecule has 0 aliphatic heterocycles. The summed E-state index contributed by atoms with van der Waals surface area (Å²) in [6.07, 6.45) is 5.54. The van der Waals surface area contributed by atoms with Gasteiger partial charge in [-0.15, -0.1) is 23.2 Å². The standard InChI is InChI=1S/C6H14.C2H4Cl2.C2H6O2/c1-3-5-6-4-2;2*3-1-2-4/h3-6H2,1-2H3;1-2H2;3-4H,1-2H2. The quantitative estimate of drug-likeness (QED) is 0.579. The first-order valence-corrected chi connectivity index (χ1v) is 6.15. The Kier molecular flexibility index (Phi) is 41.7. The van der Waals surface area contributed by atoms with Crippen LogP contribution in [0.25, 0.3) is 0 Å². The Balaban J connectivity index is -0.000000135. The van der Waals surface area contributed by atoms with Gasteiger partial charge in [0.25, 0.3) is 0 Å². The number of unbranched alkanes of at least 4 members (excludes halogenated alkanes) is 3. The van der Waals surface area contributed by atoms with Gasteiger partial charge in [0.15, 0.2) is 0 Å². The number of hydrogen-bond acceptors (Lipinski definition) is 2. The number of alkyl halides is 2. The fourth-order valence-electron chi connectivity index (χ4n) is 0.500. The lowest BCUT2D eigenvalue weighted by atomic mass is 10.2. The van der Waals surface area contributed by atoms with Crippen LogP contribution in [0.4, 0.5) is 0 Å². The van der Waals surface area contributed by atoms with Gasteiger partial charge in [-0.25, -0.2) is 0 Å². The Bertz CT molecular complexity index is 52.1. The topological polar surface area (TPSA) is 40.5 Å². The molecule has 0 heterocycles. The summed E-state index contributed by atoms with van der Waals surface area (Å²) in [5, 5.41) is 15.2. The molecule has 0 aliphatic carbocycles. The van der Waals surface area contributed by atoms with Crippen molar-refractivity contribution in [1.29, 1.82) is 0 Å². The molecule has 0 spiro atoms. The van der Waals surface area contributed by atoms with Crippen molar-refractivity contribution in [3.05, 3.63) is 0 Å². The van der Waals surface area contributed by atoms with Gasteiger partial charge in [0.05, 0.1) is 13.2 Å². The van der Waals surface area contributed by atoms with Gasteiger partial charge in [-0.1, -0.05) is 39.5 Å². The molecule has 0 radical (unpaired) electrons. The SMILES string of the molecule is CCCCCC.ClCCCl.OCCO. The minimum atomic E-state index is -0.125. The van der Waals surface area contributed by atoms with Crippen molar-refractivity contribution in [2.24, 2.45) is 0 Å². The van der Waals surface area contributed by atoms with Crippen LogP contribution in [0.3, 0.4) is 0 Å². The average Bonchev–Trinajstić information content (AvgIpc) is 2.27. The summed E-state index contributed by atoms with van der Waals surface area (Å²) in [4.78, 5) is 0. The second-order valence-corrected chi connectivity index (χ2v) is 3.29. The highest BCUT2D eigenvalue weighted by Gasteiger charge is 1.75. The highest BCUT2D eigenvalue weighted by Crippen LogP contribution is 1.95. The summed E-state index contributed by atoms with van der Waals surface area (Å²) < 4.78 is 0. The number of rotatable bonds is 5. The van der Waals surface area contributed by atoms with E-state index < -0.39 is 0 Å². The third-order valence-electron chi connectivity index (χ3n) is 1.13. The molecule has 0 rings (SSSR count). The highest BCUT2D eigenvalue weighted by molar-refractivity contribution is 6.25. The van der Waals surface area contributed by atoms with Crippen molar-refractivity contribution < 1.29 is 10.2 Å². The van der Waals surface area contributed by atoms with E-state index in [0.29, 0.717) is 11.8 Å². The molecule has 0 amide bonds. The first-order chi connectivity index (χ1) is 6.74. The predicted octanol–water partition coefficient (Wildman–Crippen LogP) is 3.02. The van der Waals surface area contributed by atoms with Crippen LogP contribution in [0.1, 0.15) is 39.5 Å². The molecule has 14 heavy (non-hydrogen) atoms. The largest absolute Gasteiger partial charge is 0.394 e. The lowest BCUT2D eigenvalue weighted by Gasteiger charge is -1.86. The van der Waals surface area contributed by atoms with Gasteiger partial charge in [0.2, 0.25) is 0 Å². The van der Waals surface area contributed by atoms with Crippen LogP contribution < -0.4 is 0 Å². The average molecular weight is 247 g/mol. The lowest BCUT2D eigenvalue weighted by Crippen LogP contribution is -1.85. The zero-order valence-electron chi connectivity index (χ0n) is 9.31. The molecule has 2 N–H and O–H groups in total. The third kappa shape index (κ3) is 54.6. The molecule has 0 aromatic carbocycles. The molecule has 0 atom stereocenters. The van der Waals surface area contributed by atoms with Gasteiger partial charge in [-0.05, 0) is 0 Å². The van der Waals surface area contributed by atoms with Crippen molar-refractivity contribution in [3.63, 3.8) is 0 Å². The molecule has 90 valence electrons. The maximum atomic E-state index is 7.62. The molecule has 0 aromatic heterocycles. The first-order valence-electron chi connectivity index (χ1n) is 5.08. The van der Waals surface area contributed by atoms with E-state index in [4.69, 9.17) is 33.4 Å². The minimum Gasteiger partial charge on any atom is -0.394 e. The van der Waals surface area contributed by atoms with Gasteiger partial charge < -0.3 is 10.2 Å². The van der Waals surface area contributed by atoms with Crippen LogP contribution in [0.2, 0.25) is 0 Å². The van der Waals surface area contributed by atoms with Gasteiger partial charge in [-0.3, -0.25) is 0 Å². The summed E-state index contributed by atoms with van der Waals surface area (Å²) in [5.74, 6) is 1.11. The van der Waals surface area contributed by atoms with Crippen LogP contribution in [0.15, 0.2) is 0 Å². The first kappa shape index (κ1) is 20.0. The number of halogens is 2. The fourth-order valence-corrected chi connectivity index (χ4v) is 0.500. The Hall–Kier alpha value is 0.500. The zero-order valence-corrected chi connectivity index (χ0v) is 10.8.